The van der Waals surface area contributed by atoms with Crippen molar-refractivity contribution in [2.45, 2.75) is 13.8 Å². The molecule has 0 heterocycles. The number of para-hydroxylation sites is 1. The van der Waals surface area contributed by atoms with E-state index in [1.165, 1.54) is 0 Å². The number of anilines is 1. The number of rotatable bonds is 7. The number of hydrogen-bond donors (Lipinski definition) is 1. The van der Waals surface area contributed by atoms with Crippen molar-refractivity contribution in [3.8, 4) is 0 Å². The molecule has 1 amide bonds. The van der Waals surface area contributed by atoms with Gasteiger partial charge >= 0.3 is 0 Å². The maximum Gasteiger partial charge on any atom is 0.240 e. The highest BCUT2D eigenvalue weighted by Gasteiger charge is 2.14. The van der Waals surface area contributed by atoms with E-state index in [0.29, 0.717) is 26.2 Å². The van der Waals surface area contributed by atoms with Gasteiger partial charge in [0, 0.05) is 25.9 Å². The quantitative estimate of drug-likeness (QED) is 0.747. The first kappa shape index (κ1) is 14.7. The van der Waals surface area contributed by atoms with E-state index >= 15 is 0 Å². The van der Waals surface area contributed by atoms with E-state index in [0.717, 1.165) is 11.3 Å². The SMILES string of the molecule is CCN(C(=O)CNCCOC)c1ccccc1C. The van der Waals surface area contributed by atoms with Crippen molar-refractivity contribution >= 4 is 11.6 Å². The van der Waals surface area contributed by atoms with Crippen LogP contribution in [0.2, 0.25) is 0 Å². The molecule has 1 rings (SSSR count). The average molecular weight is 250 g/mol. The molecule has 0 aliphatic carbocycles. The second-order valence-electron chi connectivity index (χ2n) is 4.09. The van der Waals surface area contributed by atoms with Gasteiger partial charge in [0.05, 0.1) is 13.2 Å². The number of hydrogen-bond acceptors (Lipinski definition) is 3. The van der Waals surface area contributed by atoms with Gasteiger partial charge in [-0.1, -0.05) is 18.2 Å². The molecule has 0 unspecified atom stereocenters. The highest BCUT2D eigenvalue weighted by molar-refractivity contribution is 5.95. The Balaban J connectivity index is 2.60. The van der Waals surface area contributed by atoms with Crippen LogP contribution in [0.4, 0.5) is 5.69 Å². The minimum absolute atomic E-state index is 0.0860. The third-order valence-electron chi connectivity index (χ3n) is 2.78. The molecule has 0 radical (unpaired) electrons. The Morgan fingerprint density at radius 2 is 2.11 bits per heavy atom. The number of carbonyl (C=O) groups excluding carboxylic acids is 1. The monoisotopic (exact) mass is 250 g/mol. The molecule has 1 N–H and O–H groups in total. The van der Waals surface area contributed by atoms with Gasteiger partial charge in [0.15, 0.2) is 0 Å². The lowest BCUT2D eigenvalue weighted by molar-refractivity contribution is -0.117. The molecule has 0 aromatic heterocycles. The maximum absolute atomic E-state index is 12.1. The smallest absolute Gasteiger partial charge is 0.240 e. The summed E-state index contributed by atoms with van der Waals surface area (Å²) in [5.74, 6) is 0.0860. The summed E-state index contributed by atoms with van der Waals surface area (Å²) in [6.07, 6.45) is 0. The van der Waals surface area contributed by atoms with Crippen LogP contribution in [0, 0.1) is 6.92 Å². The fourth-order valence-electron chi connectivity index (χ4n) is 1.81. The van der Waals surface area contributed by atoms with E-state index in [1.807, 2.05) is 38.1 Å². The standard InChI is InChI=1S/C14H22N2O2/c1-4-16(13-8-6-5-7-12(13)2)14(17)11-15-9-10-18-3/h5-8,15H,4,9-11H2,1-3H3. The highest BCUT2D eigenvalue weighted by Crippen LogP contribution is 2.18. The first-order valence-electron chi connectivity index (χ1n) is 6.26. The zero-order valence-electron chi connectivity index (χ0n) is 11.4. The van der Waals surface area contributed by atoms with Crippen molar-refractivity contribution in [3.63, 3.8) is 0 Å². The molecule has 4 heteroatoms. The van der Waals surface area contributed by atoms with Gasteiger partial charge in [-0.3, -0.25) is 4.79 Å². The minimum Gasteiger partial charge on any atom is -0.383 e. The third kappa shape index (κ3) is 4.13. The fraction of sp³-hybridized carbons (Fsp3) is 0.500. The highest BCUT2D eigenvalue weighted by atomic mass is 16.5. The summed E-state index contributed by atoms with van der Waals surface area (Å²) >= 11 is 0. The molecule has 18 heavy (non-hydrogen) atoms. The number of benzene rings is 1. The van der Waals surface area contributed by atoms with Gasteiger partial charge in [-0.15, -0.1) is 0 Å². The van der Waals surface area contributed by atoms with Gasteiger partial charge in [-0.25, -0.2) is 0 Å². The third-order valence-corrected chi connectivity index (χ3v) is 2.78. The second kappa shape index (κ2) is 7.84. The zero-order chi connectivity index (χ0) is 13.4. The lowest BCUT2D eigenvalue weighted by Gasteiger charge is -2.23. The molecule has 0 spiro atoms. The van der Waals surface area contributed by atoms with Crippen molar-refractivity contribution in [2.24, 2.45) is 0 Å². The lowest BCUT2D eigenvalue weighted by atomic mass is 10.2. The molecule has 0 bridgehead atoms. The molecule has 0 fully saturated rings. The van der Waals surface area contributed by atoms with E-state index in [4.69, 9.17) is 4.74 Å². The van der Waals surface area contributed by atoms with Crippen LogP contribution in [-0.4, -0.2) is 39.3 Å². The van der Waals surface area contributed by atoms with E-state index < -0.39 is 0 Å². The first-order valence-corrected chi connectivity index (χ1v) is 6.26. The molecule has 0 saturated heterocycles. The molecular formula is C14H22N2O2. The summed E-state index contributed by atoms with van der Waals surface area (Å²) in [4.78, 5) is 13.9. The minimum atomic E-state index is 0.0860. The van der Waals surface area contributed by atoms with E-state index in [1.54, 1.807) is 12.0 Å². The molecular weight excluding hydrogens is 228 g/mol. The number of nitrogens with one attached hydrogen (secondary N) is 1. The summed E-state index contributed by atoms with van der Waals surface area (Å²) in [6, 6.07) is 7.93. The molecule has 0 aliphatic rings. The van der Waals surface area contributed by atoms with Crippen LogP contribution in [0.1, 0.15) is 12.5 Å². The Hall–Kier alpha value is -1.39. The Kier molecular flexibility index (Phi) is 6.39. The molecule has 1 aromatic rings. The van der Waals surface area contributed by atoms with Crippen molar-refractivity contribution in [3.05, 3.63) is 29.8 Å². The lowest BCUT2D eigenvalue weighted by Crippen LogP contribution is -2.39. The van der Waals surface area contributed by atoms with Gasteiger partial charge in [-0.2, -0.15) is 0 Å². The predicted octanol–water partition coefficient (Wildman–Crippen LogP) is 1.58. The Bertz CT molecular complexity index is 380. The summed E-state index contributed by atoms with van der Waals surface area (Å²) in [6.45, 7) is 6.32. The number of methoxy groups -OCH3 is 1. The van der Waals surface area contributed by atoms with Crippen molar-refractivity contribution < 1.29 is 9.53 Å². The average Bonchev–Trinajstić information content (AvgIpc) is 2.38. The van der Waals surface area contributed by atoms with E-state index in [2.05, 4.69) is 5.32 Å². The summed E-state index contributed by atoms with van der Waals surface area (Å²) in [7, 11) is 1.65. The second-order valence-corrected chi connectivity index (χ2v) is 4.09. The van der Waals surface area contributed by atoms with Gasteiger partial charge < -0.3 is 15.0 Å². The van der Waals surface area contributed by atoms with Crippen LogP contribution in [0.5, 0.6) is 0 Å². The van der Waals surface area contributed by atoms with Gasteiger partial charge in [-0.05, 0) is 25.5 Å². The van der Waals surface area contributed by atoms with E-state index in [-0.39, 0.29) is 5.91 Å². The summed E-state index contributed by atoms with van der Waals surface area (Å²) < 4.78 is 4.93. The Labute approximate surface area is 109 Å². The summed E-state index contributed by atoms with van der Waals surface area (Å²) in [5.41, 5.74) is 2.10. The number of aryl methyl sites for hydroxylation is 1. The zero-order valence-corrected chi connectivity index (χ0v) is 11.4. The predicted molar refractivity (Wildman–Crippen MR) is 74.0 cm³/mol. The largest absolute Gasteiger partial charge is 0.383 e. The topological polar surface area (TPSA) is 41.6 Å². The van der Waals surface area contributed by atoms with Crippen LogP contribution in [0.3, 0.4) is 0 Å². The van der Waals surface area contributed by atoms with Crippen LogP contribution < -0.4 is 10.2 Å². The van der Waals surface area contributed by atoms with Crippen molar-refractivity contribution in [2.75, 3.05) is 38.3 Å². The van der Waals surface area contributed by atoms with Crippen molar-refractivity contribution in [1.29, 1.82) is 0 Å². The number of carbonyl (C=O) groups is 1. The molecule has 0 saturated carbocycles. The van der Waals surface area contributed by atoms with E-state index in [9.17, 15) is 4.79 Å². The fourth-order valence-corrected chi connectivity index (χ4v) is 1.81. The molecule has 0 aliphatic heterocycles. The molecule has 1 aromatic carbocycles. The first-order chi connectivity index (χ1) is 8.70. The van der Waals surface area contributed by atoms with Gasteiger partial charge in [0.25, 0.3) is 0 Å². The van der Waals surface area contributed by atoms with Crippen LogP contribution in [-0.2, 0) is 9.53 Å². The van der Waals surface area contributed by atoms with Crippen LogP contribution in [0.15, 0.2) is 24.3 Å². The Morgan fingerprint density at radius 3 is 2.72 bits per heavy atom. The number of nitrogens with zero attached hydrogens (tertiary/aromatic N) is 1. The van der Waals surface area contributed by atoms with Crippen LogP contribution in [0.25, 0.3) is 0 Å². The van der Waals surface area contributed by atoms with Gasteiger partial charge in [0.1, 0.15) is 0 Å². The Morgan fingerprint density at radius 1 is 1.39 bits per heavy atom. The molecule has 100 valence electrons. The number of amides is 1. The maximum atomic E-state index is 12.1. The molecule has 4 nitrogen and oxygen atoms in total. The van der Waals surface area contributed by atoms with Gasteiger partial charge in [0.2, 0.25) is 5.91 Å². The molecule has 0 atom stereocenters. The number of ether oxygens (including phenoxy) is 1. The van der Waals surface area contributed by atoms with Crippen molar-refractivity contribution in [1.82, 2.24) is 5.32 Å². The number of likely N-dealkylation sites (N-methyl/N-ethyl adjacent to an activating group) is 1. The normalized spacial score (nSPS) is 10.4. The van der Waals surface area contributed by atoms with Crippen LogP contribution >= 0.6 is 0 Å². The summed E-state index contributed by atoms with van der Waals surface area (Å²) in [5, 5.41) is 3.07.